The van der Waals surface area contributed by atoms with Crippen LogP contribution >= 0.6 is 0 Å². The Kier molecular flexibility index (Phi) is 7.28. The molecule has 8 heteroatoms. The molecule has 204 valence electrons. The first-order chi connectivity index (χ1) is 19.0. The highest BCUT2D eigenvalue weighted by molar-refractivity contribution is 5.97. The van der Waals surface area contributed by atoms with E-state index in [1.165, 1.54) is 11.1 Å². The van der Waals surface area contributed by atoms with Crippen LogP contribution in [0.4, 0.5) is 11.5 Å². The number of aromatic amines is 1. The molecule has 1 saturated heterocycles. The highest BCUT2D eigenvalue weighted by Gasteiger charge is 2.22. The first-order valence-corrected chi connectivity index (χ1v) is 14.2. The van der Waals surface area contributed by atoms with Crippen molar-refractivity contribution >= 4 is 28.1 Å². The van der Waals surface area contributed by atoms with Gasteiger partial charge in [0.1, 0.15) is 0 Å². The lowest BCUT2D eigenvalue weighted by Crippen LogP contribution is -2.37. The smallest absolute Gasteiger partial charge is 0.155 e. The zero-order valence-electron chi connectivity index (χ0n) is 23.2. The minimum Gasteiger partial charge on any atom is -0.380 e. The third-order valence-corrected chi connectivity index (χ3v) is 8.27. The van der Waals surface area contributed by atoms with Crippen LogP contribution in [0, 0.1) is 5.92 Å². The number of H-pyrrole nitrogens is 1. The number of hydrogen-bond acceptors (Lipinski definition) is 6. The van der Waals surface area contributed by atoms with Gasteiger partial charge in [0.2, 0.25) is 0 Å². The third kappa shape index (κ3) is 5.66. The van der Waals surface area contributed by atoms with Crippen LogP contribution in [0.2, 0.25) is 0 Å². The average molecular weight is 525 g/mol. The Morgan fingerprint density at radius 1 is 1.10 bits per heavy atom. The number of likely N-dealkylation sites (tertiary alicyclic amines) is 1. The summed E-state index contributed by atoms with van der Waals surface area (Å²) in [6.45, 7) is 12.8. The van der Waals surface area contributed by atoms with Crippen LogP contribution in [-0.4, -0.2) is 68.5 Å². The van der Waals surface area contributed by atoms with Gasteiger partial charge in [-0.1, -0.05) is 43.8 Å². The average Bonchev–Trinajstić information content (AvgIpc) is 3.58. The summed E-state index contributed by atoms with van der Waals surface area (Å²) in [5.41, 5.74) is 7.34. The number of rotatable bonds is 9. The molecule has 2 aromatic carbocycles. The fourth-order valence-corrected chi connectivity index (χ4v) is 6.05. The Hall–Kier alpha value is -3.78. The number of benzene rings is 2. The van der Waals surface area contributed by atoms with E-state index in [2.05, 4.69) is 91.7 Å². The van der Waals surface area contributed by atoms with E-state index in [0.717, 1.165) is 92.2 Å². The Balaban J connectivity index is 1.02. The van der Waals surface area contributed by atoms with E-state index in [0.29, 0.717) is 12.0 Å². The largest absolute Gasteiger partial charge is 0.380 e. The molecule has 0 radical (unpaired) electrons. The second-order valence-electron chi connectivity index (χ2n) is 11.3. The van der Waals surface area contributed by atoms with Gasteiger partial charge < -0.3 is 15.5 Å². The number of fused-ring (bicyclic) bond motifs is 2. The van der Waals surface area contributed by atoms with Crippen LogP contribution in [0.25, 0.3) is 16.6 Å². The summed E-state index contributed by atoms with van der Waals surface area (Å²) in [5, 5.41) is 20.8. The van der Waals surface area contributed by atoms with E-state index in [-0.39, 0.29) is 0 Å². The van der Waals surface area contributed by atoms with E-state index < -0.39 is 0 Å². The predicted octanol–water partition coefficient (Wildman–Crippen LogP) is 4.95. The summed E-state index contributed by atoms with van der Waals surface area (Å²) >= 11 is 0. The maximum Gasteiger partial charge on any atom is 0.155 e. The number of anilines is 2. The Morgan fingerprint density at radius 3 is 2.72 bits per heavy atom. The molecular weight excluding hydrogens is 484 g/mol. The maximum absolute atomic E-state index is 4.65. The van der Waals surface area contributed by atoms with Crippen molar-refractivity contribution in [2.75, 3.05) is 43.4 Å². The first-order valence-electron chi connectivity index (χ1n) is 14.2. The standard InChI is InChI=1S/C31H40N8/c1-22(19-38-14-11-24-7-4-5-8-25(24)21-38)17-32-31-28-9-6-10-29(30(28)35-36-31)34-27-12-15-39(16-13-27)23(2)26-18-33-37(3)20-26/h4-10,18,20,22,27,34H,2,11-17,19,21H2,1,3H3,(H2,32,35,36). The molecule has 4 aromatic rings. The Labute approximate surface area is 231 Å². The molecule has 0 bridgehead atoms. The van der Waals surface area contributed by atoms with Crippen molar-refractivity contribution in [2.24, 2.45) is 13.0 Å². The molecule has 0 aliphatic carbocycles. The molecule has 2 aliphatic heterocycles. The van der Waals surface area contributed by atoms with Gasteiger partial charge in [0.05, 0.1) is 17.4 Å². The summed E-state index contributed by atoms with van der Waals surface area (Å²) in [7, 11) is 1.94. The Bertz CT molecular complexity index is 1430. The van der Waals surface area contributed by atoms with E-state index in [4.69, 9.17) is 0 Å². The minimum atomic E-state index is 0.419. The van der Waals surface area contributed by atoms with Crippen molar-refractivity contribution in [3.8, 4) is 0 Å². The van der Waals surface area contributed by atoms with Gasteiger partial charge in [-0.25, -0.2) is 0 Å². The number of aryl methyl sites for hydroxylation is 1. The van der Waals surface area contributed by atoms with Gasteiger partial charge in [0, 0.05) is 75.2 Å². The van der Waals surface area contributed by atoms with Crippen LogP contribution in [0.15, 0.2) is 61.4 Å². The summed E-state index contributed by atoms with van der Waals surface area (Å²) in [6.07, 6.45) is 7.20. The summed E-state index contributed by atoms with van der Waals surface area (Å²) in [4.78, 5) is 4.95. The van der Waals surface area contributed by atoms with Crippen molar-refractivity contribution in [1.29, 1.82) is 0 Å². The van der Waals surface area contributed by atoms with Gasteiger partial charge in [-0.2, -0.15) is 10.2 Å². The molecule has 4 heterocycles. The number of aromatic nitrogens is 4. The van der Waals surface area contributed by atoms with Gasteiger partial charge >= 0.3 is 0 Å². The molecule has 0 amide bonds. The second-order valence-corrected chi connectivity index (χ2v) is 11.3. The lowest BCUT2D eigenvalue weighted by atomic mass is 9.99. The fourth-order valence-electron chi connectivity index (χ4n) is 6.05. The number of hydrogen-bond donors (Lipinski definition) is 3. The predicted molar refractivity (Wildman–Crippen MR) is 160 cm³/mol. The molecule has 6 rings (SSSR count). The third-order valence-electron chi connectivity index (χ3n) is 8.27. The fraction of sp³-hybridized carbons (Fsp3) is 0.419. The van der Waals surface area contributed by atoms with E-state index in [9.17, 15) is 0 Å². The van der Waals surface area contributed by atoms with Crippen molar-refractivity contribution in [2.45, 2.75) is 38.8 Å². The normalized spacial score (nSPS) is 17.2. The maximum atomic E-state index is 4.65. The van der Waals surface area contributed by atoms with Crippen LogP contribution in [0.5, 0.6) is 0 Å². The molecular formula is C31H40N8. The van der Waals surface area contributed by atoms with Crippen molar-refractivity contribution in [3.63, 3.8) is 0 Å². The van der Waals surface area contributed by atoms with Crippen molar-refractivity contribution in [1.82, 2.24) is 29.8 Å². The summed E-state index contributed by atoms with van der Waals surface area (Å²) < 4.78 is 1.83. The van der Waals surface area contributed by atoms with E-state index in [1.807, 2.05) is 24.1 Å². The zero-order chi connectivity index (χ0) is 26.8. The minimum absolute atomic E-state index is 0.419. The van der Waals surface area contributed by atoms with E-state index >= 15 is 0 Å². The molecule has 2 aliphatic rings. The highest BCUT2D eigenvalue weighted by atomic mass is 15.2. The topological polar surface area (TPSA) is 77.0 Å². The molecule has 39 heavy (non-hydrogen) atoms. The number of piperidine rings is 1. The molecule has 1 atom stereocenters. The van der Waals surface area contributed by atoms with Gasteiger partial charge in [-0.3, -0.25) is 14.7 Å². The zero-order valence-corrected chi connectivity index (χ0v) is 23.2. The molecule has 1 fully saturated rings. The molecule has 1 unspecified atom stereocenters. The second kappa shape index (κ2) is 11.1. The van der Waals surface area contributed by atoms with Gasteiger partial charge in [-0.05, 0) is 48.4 Å². The monoisotopic (exact) mass is 524 g/mol. The van der Waals surface area contributed by atoms with Crippen LogP contribution in [0.3, 0.4) is 0 Å². The number of para-hydroxylation sites is 1. The quantitative estimate of drug-likeness (QED) is 0.288. The van der Waals surface area contributed by atoms with Gasteiger partial charge in [-0.15, -0.1) is 0 Å². The first kappa shape index (κ1) is 25.5. The highest BCUT2D eigenvalue weighted by Crippen LogP contribution is 2.30. The number of nitrogens with zero attached hydrogens (tertiary/aromatic N) is 5. The Morgan fingerprint density at radius 2 is 1.92 bits per heavy atom. The van der Waals surface area contributed by atoms with Crippen molar-refractivity contribution < 1.29 is 0 Å². The molecule has 0 spiro atoms. The lowest BCUT2D eigenvalue weighted by molar-refractivity contribution is 0.224. The SMILES string of the molecule is C=C(c1cnn(C)c1)N1CCC(Nc2cccc3c(NCC(C)CN4CCc5ccccc5C4)n[nH]c23)CC1. The summed E-state index contributed by atoms with van der Waals surface area (Å²) in [6, 6.07) is 15.7. The molecule has 2 aromatic heterocycles. The van der Waals surface area contributed by atoms with Gasteiger partial charge in [0.25, 0.3) is 0 Å². The molecule has 3 N–H and O–H groups in total. The summed E-state index contributed by atoms with van der Waals surface area (Å²) in [5.74, 6) is 1.46. The van der Waals surface area contributed by atoms with E-state index in [1.54, 1.807) is 0 Å². The number of nitrogens with one attached hydrogen (secondary N) is 3. The van der Waals surface area contributed by atoms with Crippen LogP contribution in [-0.2, 0) is 20.0 Å². The molecule has 0 saturated carbocycles. The van der Waals surface area contributed by atoms with Crippen LogP contribution < -0.4 is 10.6 Å². The van der Waals surface area contributed by atoms with Crippen molar-refractivity contribution in [3.05, 3.63) is 78.1 Å². The molecule has 8 nitrogen and oxygen atoms in total. The lowest BCUT2D eigenvalue weighted by Gasteiger charge is -2.35. The van der Waals surface area contributed by atoms with Gasteiger partial charge in [0.15, 0.2) is 5.82 Å². The van der Waals surface area contributed by atoms with Crippen LogP contribution in [0.1, 0.15) is 36.5 Å².